The lowest BCUT2D eigenvalue weighted by Gasteiger charge is -2.28. The van der Waals surface area contributed by atoms with Crippen LogP contribution >= 0.6 is 0 Å². The summed E-state index contributed by atoms with van der Waals surface area (Å²) in [4.78, 5) is 12.3. The average Bonchev–Trinajstić information content (AvgIpc) is 2.67. The number of carbonyl (C=O) groups is 1. The van der Waals surface area contributed by atoms with Gasteiger partial charge in [0.15, 0.2) is 0 Å². The first kappa shape index (κ1) is 20.2. The molecule has 0 aromatic heterocycles. The molecule has 0 N–H and O–H groups in total. The predicted octanol–water partition coefficient (Wildman–Crippen LogP) is 5.99. The van der Waals surface area contributed by atoms with E-state index in [1.54, 1.807) is 6.08 Å². The first-order chi connectivity index (χ1) is 12.7. The number of nitriles is 1. The van der Waals surface area contributed by atoms with E-state index in [9.17, 15) is 4.79 Å². The van der Waals surface area contributed by atoms with Gasteiger partial charge in [-0.2, -0.15) is 5.26 Å². The molecular formula is C23H31NO2. The van der Waals surface area contributed by atoms with E-state index in [1.165, 1.54) is 24.8 Å². The number of hydrogen-bond donors (Lipinski definition) is 0. The van der Waals surface area contributed by atoms with Gasteiger partial charge >= 0.3 is 5.97 Å². The maximum Gasteiger partial charge on any atom is 0.338 e. The largest absolute Gasteiger partial charge is 0.459 e. The van der Waals surface area contributed by atoms with Gasteiger partial charge in [-0.25, -0.2) is 4.79 Å². The van der Waals surface area contributed by atoms with Crippen molar-refractivity contribution >= 4 is 5.97 Å². The van der Waals surface area contributed by atoms with Gasteiger partial charge in [-0.1, -0.05) is 38.0 Å². The number of esters is 1. The van der Waals surface area contributed by atoms with Gasteiger partial charge in [-0.3, -0.25) is 0 Å². The molecule has 2 rings (SSSR count). The summed E-state index contributed by atoms with van der Waals surface area (Å²) in [5.41, 5.74) is 1.95. The highest BCUT2D eigenvalue weighted by Crippen LogP contribution is 2.30. The molecule has 0 atom stereocenters. The van der Waals surface area contributed by atoms with Gasteiger partial charge in [0.1, 0.15) is 6.10 Å². The van der Waals surface area contributed by atoms with Crippen molar-refractivity contribution in [3.63, 3.8) is 0 Å². The van der Waals surface area contributed by atoms with Gasteiger partial charge in [0.25, 0.3) is 0 Å². The van der Waals surface area contributed by atoms with Gasteiger partial charge in [0, 0.05) is 6.08 Å². The van der Waals surface area contributed by atoms with Crippen LogP contribution < -0.4 is 0 Å². The number of allylic oxidation sites excluding steroid dienone is 2. The van der Waals surface area contributed by atoms with Crippen molar-refractivity contribution in [3.05, 3.63) is 47.5 Å². The van der Waals surface area contributed by atoms with E-state index in [2.05, 4.69) is 19.1 Å². The molecular weight excluding hydrogens is 322 g/mol. The lowest BCUT2D eigenvalue weighted by Crippen LogP contribution is -2.24. The van der Waals surface area contributed by atoms with E-state index in [4.69, 9.17) is 10.00 Å². The van der Waals surface area contributed by atoms with Crippen molar-refractivity contribution in [2.75, 3.05) is 0 Å². The number of unbranched alkanes of at least 4 members (excludes halogenated alkanes) is 2. The zero-order valence-corrected chi connectivity index (χ0v) is 16.0. The molecule has 1 saturated carbocycles. The topological polar surface area (TPSA) is 50.1 Å². The molecule has 0 spiro atoms. The van der Waals surface area contributed by atoms with Crippen LogP contribution in [-0.4, -0.2) is 12.1 Å². The normalized spacial score (nSPS) is 20.0. The van der Waals surface area contributed by atoms with E-state index in [1.807, 2.05) is 24.3 Å². The quantitative estimate of drug-likeness (QED) is 0.311. The van der Waals surface area contributed by atoms with Crippen LogP contribution in [-0.2, 0) is 11.2 Å². The number of benzene rings is 1. The summed E-state index contributed by atoms with van der Waals surface area (Å²) in [6.45, 7) is 2.21. The summed E-state index contributed by atoms with van der Waals surface area (Å²) in [6, 6.07) is 9.93. The molecule has 0 bridgehead atoms. The summed E-state index contributed by atoms with van der Waals surface area (Å²) in [6.07, 6.45) is 14.5. The first-order valence-electron chi connectivity index (χ1n) is 10.1. The highest BCUT2D eigenvalue weighted by Gasteiger charge is 2.23. The maximum absolute atomic E-state index is 12.3. The van der Waals surface area contributed by atoms with Gasteiger partial charge in [0.05, 0.1) is 11.6 Å². The third-order valence-electron chi connectivity index (χ3n) is 5.26. The number of aryl methyl sites for hydroxylation is 1. The summed E-state index contributed by atoms with van der Waals surface area (Å²) < 4.78 is 5.71. The Labute approximate surface area is 158 Å². The second-order valence-electron chi connectivity index (χ2n) is 7.31. The molecule has 0 radical (unpaired) electrons. The fourth-order valence-corrected chi connectivity index (χ4v) is 3.61. The Morgan fingerprint density at radius 1 is 1.19 bits per heavy atom. The van der Waals surface area contributed by atoms with Crippen LogP contribution in [0.25, 0.3) is 0 Å². The van der Waals surface area contributed by atoms with Crippen LogP contribution in [0.3, 0.4) is 0 Å². The van der Waals surface area contributed by atoms with Crippen LogP contribution in [0.15, 0.2) is 36.4 Å². The second-order valence-corrected chi connectivity index (χ2v) is 7.31. The maximum atomic E-state index is 12.3. The SMILES string of the molecule is CCCCCc1ccc(C(=O)OC2CCC(CC/C=C/C#N)CC2)cc1. The minimum Gasteiger partial charge on any atom is -0.459 e. The standard InChI is InChI=1S/C23H31NO2/c1-2-3-5-8-19-10-14-21(15-11-19)23(25)26-22-16-12-20(13-17-22)9-6-4-7-18-24/h4,7,10-11,14-15,20,22H,2-3,5-6,8-9,12-13,16-17H2,1H3/b7-4+. The summed E-state index contributed by atoms with van der Waals surface area (Å²) >= 11 is 0. The molecule has 1 fully saturated rings. The van der Waals surface area contributed by atoms with Crippen molar-refractivity contribution < 1.29 is 9.53 Å². The number of carbonyl (C=O) groups excluding carboxylic acids is 1. The van der Waals surface area contributed by atoms with Crippen molar-refractivity contribution in [2.24, 2.45) is 5.92 Å². The molecule has 1 aliphatic rings. The minimum absolute atomic E-state index is 0.0534. The van der Waals surface area contributed by atoms with Crippen LogP contribution in [0, 0.1) is 17.2 Å². The highest BCUT2D eigenvalue weighted by molar-refractivity contribution is 5.89. The van der Waals surface area contributed by atoms with E-state index in [-0.39, 0.29) is 12.1 Å². The average molecular weight is 354 g/mol. The molecule has 0 heterocycles. The highest BCUT2D eigenvalue weighted by atomic mass is 16.5. The number of hydrogen-bond acceptors (Lipinski definition) is 3. The lowest BCUT2D eigenvalue weighted by atomic mass is 9.84. The van der Waals surface area contributed by atoms with E-state index < -0.39 is 0 Å². The number of rotatable bonds is 9. The predicted molar refractivity (Wildman–Crippen MR) is 105 cm³/mol. The van der Waals surface area contributed by atoms with Gasteiger partial charge in [-0.05, 0) is 75.0 Å². The first-order valence-corrected chi connectivity index (χ1v) is 10.1. The Kier molecular flexibility index (Phi) is 8.96. The zero-order chi connectivity index (χ0) is 18.6. The fourth-order valence-electron chi connectivity index (χ4n) is 3.61. The fraction of sp³-hybridized carbons (Fsp3) is 0.565. The minimum atomic E-state index is -0.189. The lowest BCUT2D eigenvalue weighted by molar-refractivity contribution is 0.0162. The van der Waals surface area contributed by atoms with Crippen molar-refractivity contribution in [3.8, 4) is 6.07 Å². The third-order valence-corrected chi connectivity index (χ3v) is 5.26. The van der Waals surface area contributed by atoms with Gasteiger partial charge in [-0.15, -0.1) is 0 Å². The Hall–Kier alpha value is -2.08. The molecule has 26 heavy (non-hydrogen) atoms. The summed E-state index contributed by atoms with van der Waals surface area (Å²) in [5, 5.41) is 8.49. The van der Waals surface area contributed by atoms with Crippen molar-refractivity contribution in [1.82, 2.24) is 0 Å². The van der Waals surface area contributed by atoms with E-state index >= 15 is 0 Å². The van der Waals surface area contributed by atoms with Gasteiger partial charge in [0.2, 0.25) is 0 Å². The van der Waals surface area contributed by atoms with Crippen molar-refractivity contribution in [1.29, 1.82) is 5.26 Å². The smallest absolute Gasteiger partial charge is 0.338 e. The number of nitrogens with zero attached hydrogens (tertiary/aromatic N) is 1. The molecule has 3 nitrogen and oxygen atoms in total. The second kappa shape index (κ2) is 11.5. The molecule has 0 amide bonds. The Morgan fingerprint density at radius 2 is 1.92 bits per heavy atom. The van der Waals surface area contributed by atoms with Gasteiger partial charge < -0.3 is 4.74 Å². The molecule has 1 aliphatic carbocycles. The summed E-state index contributed by atoms with van der Waals surface area (Å²) in [7, 11) is 0. The monoisotopic (exact) mass is 353 g/mol. The molecule has 1 aromatic rings. The molecule has 0 unspecified atom stereocenters. The van der Waals surface area contributed by atoms with Crippen LogP contribution in [0.5, 0.6) is 0 Å². The Morgan fingerprint density at radius 3 is 2.58 bits per heavy atom. The summed E-state index contributed by atoms with van der Waals surface area (Å²) in [5.74, 6) is 0.501. The molecule has 0 aliphatic heterocycles. The Balaban J connectivity index is 1.71. The Bertz CT molecular complexity index is 604. The van der Waals surface area contributed by atoms with E-state index in [0.29, 0.717) is 11.5 Å². The third kappa shape index (κ3) is 7.04. The van der Waals surface area contributed by atoms with E-state index in [0.717, 1.165) is 44.9 Å². The molecule has 1 aromatic carbocycles. The number of ether oxygens (including phenoxy) is 1. The van der Waals surface area contributed by atoms with Crippen LogP contribution in [0.2, 0.25) is 0 Å². The molecule has 3 heteroatoms. The van der Waals surface area contributed by atoms with Crippen LogP contribution in [0.4, 0.5) is 0 Å². The zero-order valence-electron chi connectivity index (χ0n) is 16.0. The van der Waals surface area contributed by atoms with Crippen LogP contribution in [0.1, 0.15) is 80.6 Å². The molecule has 140 valence electrons. The molecule has 0 saturated heterocycles. The van der Waals surface area contributed by atoms with Crippen molar-refractivity contribution in [2.45, 2.75) is 77.2 Å².